The summed E-state index contributed by atoms with van der Waals surface area (Å²) in [5.41, 5.74) is 16.4. The van der Waals surface area contributed by atoms with Crippen LogP contribution in [-0.4, -0.2) is 24.9 Å². The second-order valence-electron chi connectivity index (χ2n) is 8.38. The molecule has 0 radical (unpaired) electrons. The van der Waals surface area contributed by atoms with Gasteiger partial charge in [0.15, 0.2) is 0 Å². The standard InChI is InChI=1S/C27H29N5O2S/c1-20-14-16-23(17-15-20)35(33,34)32(22-11-6-3-7-12-22)18-8-13-24-25(30-27(29)31-26(24)28)19-21-9-4-2-5-10-21/h2-7,9-12,14-17H,8,13,18-19H2,1H3,(H4,28,29,30,31). The summed E-state index contributed by atoms with van der Waals surface area (Å²) in [5.74, 6) is 0.459. The summed E-state index contributed by atoms with van der Waals surface area (Å²) in [6, 6.07) is 25.9. The molecule has 0 fully saturated rings. The lowest BCUT2D eigenvalue weighted by atomic mass is 10.0. The van der Waals surface area contributed by atoms with Crippen molar-refractivity contribution in [2.45, 2.75) is 31.1 Å². The Bertz CT molecular complexity index is 1380. The average molecular weight is 488 g/mol. The predicted octanol–water partition coefficient (Wildman–Crippen LogP) is 4.37. The van der Waals surface area contributed by atoms with Crippen molar-refractivity contribution < 1.29 is 8.42 Å². The Balaban J connectivity index is 1.59. The Hall–Kier alpha value is -3.91. The van der Waals surface area contributed by atoms with Gasteiger partial charge in [-0.15, -0.1) is 0 Å². The van der Waals surface area contributed by atoms with Gasteiger partial charge in [-0.3, -0.25) is 4.31 Å². The van der Waals surface area contributed by atoms with Crippen LogP contribution in [-0.2, 0) is 22.9 Å². The fourth-order valence-corrected chi connectivity index (χ4v) is 5.50. The molecule has 4 aromatic rings. The summed E-state index contributed by atoms with van der Waals surface area (Å²) in [6.07, 6.45) is 1.61. The Labute approximate surface area is 206 Å². The molecule has 4 N–H and O–H groups in total. The van der Waals surface area contributed by atoms with E-state index in [0.29, 0.717) is 30.8 Å². The number of anilines is 3. The fourth-order valence-electron chi connectivity index (χ4n) is 4.00. The van der Waals surface area contributed by atoms with Gasteiger partial charge in [-0.25, -0.2) is 13.4 Å². The van der Waals surface area contributed by atoms with E-state index in [0.717, 1.165) is 22.4 Å². The summed E-state index contributed by atoms with van der Waals surface area (Å²) in [7, 11) is -3.75. The zero-order valence-electron chi connectivity index (χ0n) is 19.6. The molecule has 4 rings (SSSR count). The smallest absolute Gasteiger partial charge is 0.264 e. The van der Waals surface area contributed by atoms with Crippen LogP contribution in [0.2, 0.25) is 0 Å². The fraction of sp³-hybridized carbons (Fsp3) is 0.185. The zero-order chi connectivity index (χ0) is 24.8. The number of para-hydroxylation sites is 1. The van der Waals surface area contributed by atoms with Gasteiger partial charge in [-0.05, 0) is 49.6 Å². The van der Waals surface area contributed by atoms with Crippen molar-refractivity contribution in [3.63, 3.8) is 0 Å². The van der Waals surface area contributed by atoms with Gasteiger partial charge in [-0.1, -0.05) is 66.2 Å². The third-order valence-corrected chi connectivity index (χ3v) is 7.64. The van der Waals surface area contributed by atoms with Gasteiger partial charge in [0.2, 0.25) is 5.95 Å². The number of hydrogen-bond acceptors (Lipinski definition) is 6. The molecule has 0 amide bonds. The van der Waals surface area contributed by atoms with E-state index in [1.54, 1.807) is 36.4 Å². The van der Waals surface area contributed by atoms with Gasteiger partial charge in [0.05, 0.1) is 16.3 Å². The first kappa shape index (κ1) is 24.2. The number of hydrogen-bond donors (Lipinski definition) is 2. The van der Waals surface area contributed by atoms with Crippen LogP contribution < -0.4 is 15.8 Å². The van der Waals surface area contributed by atoms with Crippen LogP contribution in [0.1, 0.15) is 28.8 Å². The van der Waals surface area contributed by atoms with Gasteiger partial charge < -0.3 is 11.5 Å². The minimum Gasteiger partial charge on any atom is -0.383 e. The summed E-state index contributed by atoms with van der Waals surface area (Å²) >= 11 is 0. The molecule has 1 heterocycles. The Morgan fingerprint density at radius 2 is 1.46 bits per heavy atom. The highest BCUT2D eigenvalue weighted by molar-refractivity contribution is 7.92. The molecule has 0 atom stereocenters. The molecule has 0 spiro atoms. The first-order chi connectivity index (χ1) is 16.8. The maximum absolute atomic E-state index is 13.6. The molecular formula is C27H29N5O2S. The molecule has 0 unspecified atom stereocenters. The van der Waals surface area contributed by atoms with Crippen LogP contribution in [0.5, 0.6) is 0 Å². The molecule has 0 aliphatic rings. The lowest BCUT2D eigenvalue weighted by Crippen LogP contribution is -2.32. The van der Waals surface area contributed by atoms with Crippen molar-refractivity contribution in [3.05, 3.63) is 107 Å². The third kappa shape index (κ3) is 5.78. The minimum absolute atomic E-state index is 0.130. The van der Waals surface area contributed by atoms with E-state index < -0.39 is 10.0 Å². The van der Waals surface area contributed by atoms with Crippen molar-refractivity contribution >= 4 is 27.5 Å². The zero-order valence-corrected chi connectivity index (χ0v) is 20.4. The number of aryl methyl sites for hydroxylation is 1. The molecular weight excluding hydrogens is 458 g/mol. The van der Waals surface area contributed by atoms with Crippen LogP contribution in [0, 0.1) is 6.92 Å². The lowest BCUT2D eigenvalue weighted by molar-refractivity contribution is 0.589. The van der Waals surface area contributed by atoms with Crippen LogP contribution in [0.15, 0.2) is 89.8 Å². The van der Waals surface area contributed by atoms with Gasteiger partial charge in [-0.2, -0.15) is 4.98 Å². The minimum atomic E-state index is -3.75. The van der Waals surface area contributed by atoms with E-state index in [4.69, 9.17) is 11.5 Å². The van der Waals surface area contributed by atoms with E-state index in [2.05, 4.69) is 9.97 Å². The van der Waals surface area contributed by atoms with Crippen molar-refractivity contribution in [3.8, 4) is 0 Å². The molecule has 35 heavy (non-hydrogen) atoms. The second kappa shape index (κ2) is 10.6. The lowest BCUT2D eigenvalue weighted by Gasteiger charge is -2.25. The molecule has 0 aliphatic heterocycles. The Morgan fingerprint density at radius 3 is 2.11 bits per heavy atom. The van der Waals surface area contributed by atoms with Gasteiger partial charge in [0.1, 0.15) is 5.82 Å². The highest BCUT2D eigenvalue weighted by Crippen LogP contribution is 2.26. The first-order valence-corrected chi connectivity index (χ1v) is 12.9. The number of sulfonamides is 1. The third-order valence-electron chi connectivity index (χ3n) is 5.80. The maximum atomic E-state index is 13.6. The Morgan fingerprint density at radius 1 is 0.829 bits per heavy atom. The summed E-state index contributed by atoms with van der Waals surface area (Å²) in [6.45, 7) is 2.20. The molecule has 3 aromatic carbocycles. The van der Waals surface area contributed by atoms with E-state index in [1.807, 2.05) is 55.5 Å². The van der Waals surface area contributed by atoms with Crippen molar-refractivity contribution in [1.82, 2.24) is 9.97 Å². The predicted molar refractivity (Wildman–Crippen MR) is 141 cm³/mol. The van der Waals surface area contributed by atoms with E-state index >= 15 is 0 Å². The first-order valence-electron chi connectivity index (χ1n) is 11.4. The number of nitrogens with two attached hydrogens (primary N) is 2. The van der Waals surface area contributed by atoms with Crippen molar-refractivity contribution in [1.29, 1.82) is 0 Å². The van der Waals surface area contributed by atoms with Crippen molar-refractivity contribution in [2.75, 3.05) is 22.3 Å². The molecule has 0 saturated heterocycles. The van der Waals surface area contributed by atoms with Crippen LogP contribution >= 0.6 is 0 Å². The molecule has 8 heteroatoms. The second-order valence-corrected chi connectivity index (χ2v) is 10.2. The number of nitrogens with zero attached hydrogens (tertiary/aromatic N) is 3. The normalized spacial score (nSPS) is 11.3. The summed E-state index contributed by atoms with van der Waals surface area (Å²) in [5, 5.41) is 0. The Kier molecular flexibility index (Phi) is 7.31. The highest BCUT2D eigenvalue weighted by Gasteiger charge is 2.25. The van der Waals surface area contributed by atoms with Gasteiger partial charge >= 0.3 is 0 Å². The summed E-state index contributed by atoms with van der Waals surface area (Å²) in [4.78, 5) is 8.85. The summed E-state index contributed by atoms with van der Waals surface area (Å²) < 4.78 is 28.6. The van der Waals surface area contributed by atoms with Gasteiger partial charge in [0.25, 0.3) is 10.0 Å². The molecule has 180 valence electrons. The van der Waals surface area contributed by atoms with Crippen LogP contribution in [0.4, 0.5) is 17.5 Å². The molecule has 0 aliphatic carbocycles. The molecule has 0 saturated carbocycles. The molecule has 0 bridgehead atoms. The highest BCUT2D eigenvalue weighted by atomic mass is 32.2. The van der Waals surface area contributed by atoms with Crippen LogP contribution in [0.3, 0.4) is 0 Å². The van der Waals surface area contributed by atoms with Crippen molar-refractivity contribution in [2.24, 2.45) is 0 Å². The number of rotatable bonds is 9. The van der Waals surface area contributed by atoms with E-state index in [1.165, 1.54) is 4.31 Å². The monoisotopic (exact) mass is 487 g/mol. The number of aromatic nitrogens is 2. The quantitative estimate of drug-likeness (QED) is 0.362. The largest absolute Gasteiger partial charge is 0.383 e. The number of benzene rings is 3. The van der Waals surface area contributed by atoms with E-state index in [-0.39, 0.29) is 17.4 Å². The SMILES string of the molecule is Cc1ccc(S(=O)(=O)N(CCCc2c(N)nc(N)nc2Cc2ccccc2)c2ccccc2)cc1. The topological polar surface area (TPSA) is 115 Å². The number of nitrogen functional groups attached to an aromatic ring is 2. The maximum Gasteiger partial charge on any atom is 0.264 e. The average Bonchev–Trinajstić information content (AvgIpc) is 2.84. The molecule has 1 aromatic heterocycles. The van der Waals surface area contributed by atoms with E-state index in [9.17, 15) is 8.42 Å². The molecule has 7 nitrogen and oxygen atoms in total. The van der Waals surface area contributed by atoms with Crippen LogP contribution in [0.25, 0.3) is 0 Å². The van der Waals surface area contributed by atoms with Gasteiger partial charge in [0, 0.05) is 18.5 Å².